The Labute approximate surface area is 232 Å². The maximum absolute atomic E-state index is 15.6. The van der Waals surface area contributed by atoms with Crippen LogP contribution >= 0.6 is 11.6 Å². The summed E-state index contributed by atoms with van der Waals surface area (Å²) >= 11 is 5.72. The molecule has 210 valence electrons. The highest BCUT2D eigenvalue weighted by atomic mass is 35.5. The molecule has 0 aromatic heterocycles. The van der Waals surface area contributed by atoms with E-state index in [0.717, 1.165) is 12.8 Å². The number of benzene rings is 3. The molecule has 0 aliphatic carbocycles. The van der Waals surface area contributed by atoms with Crippen molar-refractivity contribution in [3.05, 3.63) is 83.4 Å². The molecule has 0 saturated heterocycles. The van der Waals surface area contributed by atoms with Gasteiger partial charge in [0.1, 0.15) is 29.1 Å². The maximum Gasteiger partial charge on any atom is 0.421 e. The quantitative estimate of drug-likeness (QED) is 0.152. The normalized spacial score (nSPS) is 21.2. The molecule has 10 heteroatoms. The van der Waals surface area contributed by atoms with Crippen LogP contribution in [-0.4, -0.2) is 37.2 Å². The zero-order chi connectivity index (χ0) is 28.4. The number of hydrogen-bond acceptors (Lipinski definition) is 5. The maximum atomic E-state index is 15.6. The Morgan fingerprint density at radius 2 is 1.51 bits per heavy atom. The van der Waals surface area contributed by atoms with E-state index in [9.17, 15) is 10.2 Å². The Hall–Kier alpha value is -2.88. The van der Waals surface area contributed by atoms with Gasteiger partial charge < -0.3 is 24.1 Å². The fraction of sp³-hybridized carbons (Fsp3) is 0.379. The third-order valence-electron chi connectivity index (χ3n) is 6.51. The van der Waals surface area contributed by atoms with Crippen LogP contribution in [-0.2, 0) is 10.0 Å². The number of rotatable bonds is 9. The second kappa shape index (κ2) is 11.3. The standard InChI is InChI=1S/C29H32ClF3O5Si/c1-39(2,3)38-28(29(31,32)33)24-15-12-22(35)18-25(24)37-27(26(28)19-6-10-21(34)11-7-19)20-8-13-23(14-9-20)36-17-5-4-16-30/h6-15,18,26-27,34-35H,4-5,16-17H2,1-3H3. The van der Waals surface area contributed by atoms with Gasteiger partial charge in [-0.05, 0) is 80.0 Å². The Kier molecular flexibility index (Phi) is 8.44. The monoisotopic (exact) mass is 580 g/mol. The average molecular weight is 581 g/mol. The fourth-order valence-corrected chi connectivity index (χ4v) is 6.49. The minimum Gasteiger partial charge on any atom is -0.508 e. The van der Waals surface area contributed by atoms with Crippen LogP contribution in [0.4, 0.5) is 13.2 Å². The van der Waals surface area contributed by atoms with Gasteiger partial charge in [0, 0.05) is 17.5 Å². The van der Waals surface area contributed by atoms with Crippen molar-refractivity contribution in [1.29, 1.82) is 0 Å². The Morgan fingerprint density at radius 3 is 2.10 bits per heavy atom. The predicted molar refractivity (Wildman–Crippen MR) is 146 cm³/mol. The van der Waals surface area contributed by atoms with Gasteiger partial charge in [-0.25, -0.2) is 0 Å². The summed E-state index contributed by atoms with van der Waals surface area (Å²) in [5.74, 6) is -0.664. The van der Waals surface area contributed by atoms with Crippen molar-refractivity contribution in [3.8, 4) is 23.0 Å². The molecule has 1 aliphatic heterocycles. The molecule has 0 amide bonds. The van der Waals surface area contributed by atoms with E-state index in [0.29, 0.717) is 23.8 Å². The number of halogens is 4. The zero-order valence-corrected chi connectivity index (χ0v) is 23.7. The molecular weight excluding hydrogens is 549 g/mol. The van der Waals surface area contributed by atoms with Gasteiger partial charge in [-0.15, -0.1) is 11.6 Å². The van der Waals surface area contributed by atoms with Gasteiger partial charge in [-0.3, -0.25) is 0 Å². The van der Waals surface area contributed by atoms with Crippen molar-refractivity contribution < 1.29 is 37.3 Å². The van der Waals surface area contributed by atoms with Gasteiger partial charge >= 0.3 is 6.18 Å². The van der Waals surface area contributed by atoms with E-state index >= 15 is 13.2 Å². The van der Waals surface area contributed by atoms with Crippen molar-refractivity contribution in [2.45, 2.75) is 56.3 Å². The van der Waals surface area contributed by atoms with Crippen LogP contribution in [0.25, 0.3) is 0 Å². The highest BCUT2D eigenvalue weighted by Crippen LogP contribution is 2.62. The number of phenols is 2. The third-order valence-corrected chi connectivity index (χ3v) is 7.71. The van der Waals surface area contributed by atoms with Crippen molar-refractivity contribution in [1.82, 2.24) is 0 Å². The summed E-state index contributed by atoms with van der Waals surface area (Å²) in [6.45, 7) is 5.58. The molecule has 3 aromatic rings. The molecule has 3 aromatic carbocycles. The second-order valence-electron chi connectivity index (χ2n) is 10.5. The minimum absolute atomic E-state index is 0.0725. The molecule has 0 radical (unpaired) electrons. The van der Waals surface area contributed by atoms with E-state index in [4.69, 9.17) is 25.5 Å². The molecule has 5 nitrogen and oxygen atoms in total. The number of hydrogen-bond donors (Lipinski definition) is 2. The Morgan fingerprint density at radius 1 is 0.897 bits per heavy atom. The molecular formula is C29H32ClF3O5Si. The summed E-state index contributed by atoms with van der Waals surface area (Å²) in [6.07, 6.45) is -4.42. The molecule has 39 heavy (non-hydrogen) atoms. The van der Waals surface area contributed by atoms with Crippen LogP contribution in [0.2, 0.25) is 19.6 Å². The van der Waals surface area contributed by atoms with Gasteiger partial charge in [-0.1, -0.05) is 24.3 Å². The molecule has 0 spiro atoms. The fourth-order valence-electron chi connectivity index (χ4n) is 4.98. The molecule has 0 saturated carbocycles. The van der Waals surface area contributed by atoms with Crippen molar-refractivity contribution in [2.24, 2.45) is 0 Å². The molecule has 3 atom stereocenters. The number of alkyl halides is 4. The summed E-state index contributed by atoms with van der Waals surface area (Å²) in [4.78, 5) is 0. The van der Waals surface area contributed by atoms with E-state index in [-0.39, 0.29) is 28.4 Å². The Bertz CT molecular complexity index is 1260. The number of phenolic OH excluding ortho intramolecular Hbond substituents is 2. The number of aromatic hydroxyl groups is 2. The number of fused-ring (bicyclic) bond motifs is 1. The summed E-state index contributed by atoms with van der Waals surface area (Å²) in [5, 5.41) is 20.1. The van der Waals surface area contributed by atoms with E-state index in [1.165, 1.54) is 42.5 Å². The summed E-state index contributed by atoms with van der Waals surface area (Å²) in [5.41, 5.74) is -2.24. The van der Waals surface area contributed by atoms with E-state index in [2.05, 4.69) is 0 Å². The van der Waals surface area contributed by atoms with Crippen molar-refractivity contribution in [3.63, 3.8) is 0 Å². The first-order valence-electron chi connectivity index (χ1n) is 12.7. The number of ether oxygens (including phenoxy) is 2. The van der Waals surface area contributed by atoms with Crippen LogP contribution in [0, 0.1) is 0 Å². The van der Waals surface area contributed by atoms with Crippen LogP contribution in [0.1, 0.15) is 41.6 Å². The van der Waals surface area contributed by atoms with Crippen LogP contribution in [0.3, 0.4) is 0 Å². The minimum atomic E-state index is -4.87. The average Bonchev–Trinajstić information content (AvgIpc) is 2.86. The lowest BCUT2D eigenvalue weighted by Crippen LogP contribution is -2.58. The molecule has 3 unspecified atom stereocenters. The summed E-state index contributed by atoms with van der Waals surface area (Å²) < 4.78 is 65.0. The van der Waals surface area contributed by atoms with Crippen LogP contribution < -0.4 is 9.47 Å². The lowest BCUT2D eigenvalue weighted by Gasteiger charge is -2.51. The van der Waals surface area contributed by atoms with Gasteiger partial charge in [0.25, 0.3) is 0 Å². The highest BCUT2D eigenvalue weighted by molar-refractivity contribution is 6.69. The topological polar surface area (TPSA) is 68.2 Å². The van der Waals surface area contributed by atoms with Crippen molar-refractivity contribution in [2.75, 3.05) is 12.5 Å². The third kappa shape index (κ3) is 6.15. The predicted octanol–water partition coefficient (Wildman–Crippen LogP) is 8.02. The van der Waals surface area contributed by atoms with Crippen LogP contribution in [0.5, 0.6) is 23.0 Å². The molecule has 1 heterocycles. The molecule has 1 aliphatic rings. The lowest BCUT2D eigenvalue weighted by atomic mass is 9.70. The molecule has 0 fully saturated rings. The van der Waals surface area contributed by atoms with E-state index < -0.39 is 32.1 Å². The van der Waals surface area contributed by atoms with Gasteiger partial charge in [0.15, 0.2) is 13.9 Å². The van der Waals surface area contributed by atoms with E-state index in [1.54, 1.807) is 43.9 Å². The highest BCUT2D eigenvalue weighted by Gasteiger charge is 2.68. The molecule has 2 N–H and O–H groups in total. The van der Waals surface area contributed by atoms with Crippen LogP contribution in [0.15, 0.2) is 66.7 Å². The van der Waals surface area contributed by atoms with Gasteiger partial charge in [0.05, 0.1) is 12.5 Å². The van der Waals surface area contributed by atoms with Gasteiger partial charge in [-0.2, -0.15) is 13.2 Å². The van der Waals surface area contributed by atoms with E-state index in [1.807, 2.05) is 0 Å². The lowest BCUT2D eigenvalue weighted by molar-refractivity contribution is -0.280. The van der Waals surface area contributed by atoms with Gasteiger partial charge in [0.2, 0.25) is 0 Å². The zero-order valence-electron chi connectivity index (χ0n) is 22.0. The largest absolute Gasteiger partial charge is 0.508 e. The Balaban J connectivity index is 1.92. The molecule has 4 rings (SSSR count). The first-order valence-corrected chi connectivity index (χ1v) is 16.6. The summed E-state index contributed by atoms with van der Waals surface area (Å²) in [7, 11) is -2.87. The van der Waals surface area contributed by atoms with Crippen molar-refractivity contribution >= 4 is 19.9 Å². The SMILES string of the molecule is C[Si](C)(C)OC1(C(F)(F)F)c2ccc(O)cc2OC(c2ccc(OCCCCCl)cc2)C1c1ccc(O)cc1. The first kappa shape index (κ1) is 29.1. The smallest absolute Gasteiger partial charge is 0.421 e. The molecule has 0 bridgehead atoms. The summed E-state index contributed by atoms with van der Waals surface area (Å²) in [6, 6.07) is 16.0. The number of unbranched alkanes of at least 4 members (excludes halogenated alkanes) is 1. The first-order chi connectivity index (χ1) is 18.4. The second-order valence-corrected chi connectivity index (χ2v) is 15.4.